The number of hydrogen-bond donors (Lipinski definition) is 0. The molecule has 0 aliphatic heterocycles. The van der Waals surface area contributed by atoms with Crippen molar-refractivity contribution in [2.45, 2.75) is 12.8 Å². The van der Waals surface area contributed by atoms with Gasteiger partial charge in [0.1, 0.15) is 0 Å². The van der Waals surface area contributed by atoms with E-state index in [1.807, 2.05) is 30.3 Å². The van der Waals surface area contributed by atoms with Gasteiger partial charge in [0.2, 0.25) is 0 Å². The van der Waals surface area contributed by atoms with Gasteiger partial charge >= 0.3 is 5.97 Å². The molecule has 0 aliphatic rings. The maximum absolute atomic E-state index is 11.9. The Kier molecular flexibility index (Phi) is 5.08. The molecule has 0 amide bonds. The number of aryl methyl sites for hydroxylation is 1. The first kappa shape index (κ1) is 15.5. The van der Waals surface area contributed by atoms with E-state index >= 15 is 0 Å². The lowest BCUT2D eigenvalue weighted by Gasteiger charge is -2.09. The molecule has 6 heteroatoms. The average molecular weight is 301 g/mol. The van der Waals surface area contributed by atoms with Gasteiger partial charge in [0.25, 0.3) is 5.69 Å². The fraction of sp³-hybridized carbons (Fsp3) is 0.188. The van der Waals surface area contributed by atoms with Crippen LogP contribution in [0.25, 0.3) is 0 Å². The van der Waals surface area contributed by atoms with Gasteiger partial charge in [0, 0.05) is 12.5 Å². The van der Waals surface area contributed by atoms with E-state index < -0.39 is 10.9 Å². The largest absolute Gasteiger partial charge is 0.493 e. The second-order valence-electron chi connectivity index (χ2n) is 4.55. The zero-order chi connectivity index (χ0) is 15.9. The van der Waals surface area contributed by atoms with E-state index in [2.05, 4.69) is 0 Å². The van der Waals surface area contributed by atoms with Crippen LogP contribution >= 0.6 is 0 Å². The number of methoxy groups -OCH3 is 1. The highest BCUT2D eigenvalue weighted by molar-refractivity contribution is 5.74. The summed E-state index contributed by atoms with van der Waals surface area (Å²) in [5, 5.41) is 10.8. The molecule has 0 atom stereocenters. The number of carbonyl (C=O) groups excluding carboxylic acids is 1. The molecule has 0 aliphatic carbocycles. The molecule has 0 saturated heterocycles. The molecular formula is C16H15NO5. The molecule has 0 radical (unpaired) electrons. The third-order valence-electron chi connectivity index (χ3n) is 3.04. The SMILES string of the molecule is COc1ccc([N+](=O)[O-])cc1OC(=O)CCc1ccccc1. The Balaban J connectivity index is 2.04. The Labute approximate surface area is 127 Å². The molecule has 0 N–H and O–H groups in total. The number of esters is 1. The van der Waals surface area contributed by atoms with Gasteiger partial charge in [0.15, 0.2) is 11.5 Å². The predicted octanol–water partition coefficient (Wildman–Crippen LogP) is 3.14. The maximum Gasteiger partial charge on any atom is 0.311 e. The Hall–Kier alpha value is -2.89. The molecule has 0 bridgehead atoms. The van der Waals surface area contributed by atoms with Crippen LogP contribution in [-0.4, -0.2) is 18.0 Å². The molecule has 0 fully saturated rings. The van der Waals surface area contributed by atoms with Crippen LogP contribution in [0.5, 0.6) is 11.5 Å². The molecule has 2 rings (SSSR count). The minimum atomic E-state index is -0.555. The Morgan fingerprint density at radius 1 is 1.14 bits per heavy atom. The Morgan fingerprint density at radius 2 is 1.86 bits per heavy atom. The van der Waals surface area contributed by atoms with E-state index in [9.17, 15) is 14.9 Å². The molecule has 2 aromatic rings. The molecule has 0 saturated carbocycles. The Morgan fingerprint density at radius 3 is 2.50 bits per heavy atom. The molecule has 6 nitrogen and oxygen atoms in total. The van der Waals surface area contributed by atoms with Crippen molar-refractivity contribution in [2.24, 2.45) is 0 Å². The molecule has 0 unspecified atom stereocenters. The van der Waals surface area contributed by atoms with E-state index in [1.165, 1.54) is 25.3 Å². The van der Waals surface area contributed by atoms with Gasteiger partial charge in [-0.1, -0.05) is 30.3 Å². The standard InChI is InChI=1S/C16H15NO5/c1-21-14-9-8-13(17(19)20)11-15(14)22-16(18)10-7-12-5-3-2-4-6-12/h2-6,8-9,11H,7,10H2,1H3. The summed E-state index contributed by atoms with van der Waals surface area (Å²) in [6.45, 7) is 0. The molecule has 22 heavy (non-hydrogen) atoms. The summed E-state index contributed by atoms with van der Waals surface area (Å²) in [5.74, 6) is -0.143. The predicted molar refractivity (Wildman–Crippen MR) is 80.0 cm³/mol. The zero-order valence-electron chi connectivity index (χ0n) is 12.0. The van der Waals surface area contributed by atoms with Crippen LogP contribution in [-0.2, 0) is 11.2 Å². The van der Waals surface area contributed by atoms with Crippen LogP contribution in [0, 0.1) is 10.1 Å². The number of nitro benzene ring substituents is 1. The van der Waals surface area contributed by atoms with Crippen molar-refractivity contribution in [1.29, 1.82) is 0 Å². The quantitative estimate of drug-likeness (QED) is 0.354. The summed E-state index contributed by atoms with van der Waals surface area (Å²) in [6, 6.07) is 13.4. The number of non-ortho nitro benzene ring substituents is 1. The normalized spacial score (nSPS) is 10.0. The zero-order valence-corrected chi connectivity index (χ0v) is 12.0. The number of benzene rings is 2. The van der Waals surface area contributed by atoms with E-state index in [4.69, 9.17) is 9.47 Å². The number of nitrogens with zero attached hydrogens (tertiary/aromatic N) is 1. The van der Waals surface area contributed by atoms with Crippen LogP contribution in [0.3, 0.4) is 0 Å². The highest BCUT2D eigenvalue weighted by Gasteiger charge is 2.15. The molecular weight excluding hydrogens is 286 g/mol. The molecule has 0 heterocycles. The van der Waals surface area contributed by atoms with Crippen molar-refractivity contribution in [3.05, 3.63) is 64.2 Å². The molecule has 2 aromatic carbocycles. The minimum absolute atomic E-state index is 0.0507. The van der Waals surface area contributed by atoms with Gasteiger partial charge in [-0.15, -0.1) is 0 Å². The monoisotopic (exact) mass is 301 g/mol. The number of nitro groups is 1. The third-order valence-corrected chi connectivity index (χ3v) is 3.04. The van der Waals surface area contributed by atoms with Crippen molar-refractivity contribution >= 4 is 11.7 Å². The van der Waals surface area contributed by atoms with Crippen LogP contribution < -0.4 is 9.47 Å². The molecule has 0 aromatic heterocycles. The highest BCUT2D eigenvalue weighted by Crippen LogP contribution is 2.31. The fourth-order valence-corrected chi connectivity index (χ4v) is 1.92. The topological polar surface area (TPSA) is 78.7 Å². The molecule has 0 spiro atoms. The third kappa shape index (κ3) is 4.05. The maximum atomic E-state index is 11.9. The summed E-state index contributed by atoms with van der Waals surface area (Å²) in [6.07, 6.45) is 0.715. The van der Waals surface area contributed by atoms with E-state index in [1.54, 1.807) is 0 Å². The van der Waals surface area contributed by atoms with Crippen molar-refractivity contribution in [3.8, 4) is 11.5 Å². The lowest BCUT2D eigenvalue weighted by Crippen LogP contribution is -2.10. The van der Waals surface area contributed by atoms with Gasteiger partial charge in [0.05, 0.1) is 18.1 Å². The van der Waals surface area contributed by atoms with Gasteiger partial charge in [-0.3, -0.25) is 14.9 Å². The van der Waals surface area contributed by atoms with Gasteiger partial charge in [-0.25, -0.2) is 0 Å². The van der Waals surface area contributed by atoms with Crippen LogP contribution in [0.15, 0.2) is 48.5 Å². The first-order valence-electron chi connectivity index (χ1n) is 6.67. The number of hydrogen-bond acceptors (Lipinski definition) is 5. The van der Waals surface area contributed by atoms with Crippen molar-refractivity contribution in [1.82, 2.24) is 0 Å². The average Bonchev–Trinajstić information content (AvgIpc) is 2.53. The second kappa shape index (κ2) is 7.21. The van der Waals surface area contributed by atoms with Gasteiger partial charge < -0.3 is 9.47 Å². The summed E-state index contributed by atoms with van der Waals surface area (Å²) < 4.78 is 10.2. The first-order valence-corrected chi connectivity index (χ1v) is 6.67. The fourth-order valence-electron chi connectivity index (χ4n) is 1.92. The van der Waals surface area contributed by atoms with Gasteiger partial charge in [-0.05, 0) is 18.1 Å². The highest BCUT2D eigenvalue weighted by atomic mass is 16.6. The summed E-state index contributed by atoms with van der Waals surface area (Å²) >= 11 is 0. The Bertz CT molecular complexity index is 669. The molecule has 114 valence electrons. The van der Waals surface area contributed by atoms with E-state index in [0.29, 0.717) is 6.42 Å². The minimum Gasteiger partial charge on any atom is -0.493 e. The van der Waals surface area contributed by atoms with Crippen LogP contribution in [0.4, 0.5) is 5.69 Å². The summed E-state index contributed by atoms with van der Waals surface area (Å²) in [7, 11) is 1.41. The van der Waals surface area contributed by atoms with Crippen LogP contribution in [0.1, 0.15) is 12.0 Å². The van der Waals surface area contributed by atoms with E-state index in [-0.39, 0.29) is 23.6 Å². The lowest BCUT2D eigenvalue weighted by molar-refractivity contribution is -0.384. The smallest absolute Gasteiger partial charge is 0.311 e. The van der Waals surface area contributed by atoms with Crippen molar-refractivity contribution in [2.75, 3.05) is 7.11 Å². The van der Waals surface area contributed by atoms with Crippen molar-refractivity contribution in [3.63, 3.8) is 0 Å². The van der Waals surface area contributed by atoms with Crippen LogP contribution in [0.2, 0.25) is 0 Å². The van der Waals surface area contributed by atoms with Gasteiger partial charge in [-0.2, -0.15) is 0 Å². The second-order valence-corrected chi connectivity index (χ2v) is 4.55. The lowest BCUT2D eigenvalue weighted by atomic mass is 10.1. The summed E-state index contributed by atoms with van der Waals surface area (Å²) in [4.78, 5) is 22.1. The van der Waals surface area contributed by atoms with E-state index in [0.717, 1.165) is 5.56 Å². The summed E-state index contributed by atoms with van der Waals surface area (Å²) in [5.41, 5.74) is 0.858. The number of carbonyl (C=O) groups is 1. The van der Waals surface area contributed by atoms with Crippen molar-refractivity contribution < 1.29 is 19.2 Å². The first-order chi connectivity index (χ1) is 10.6. The number of ether oxygens (including phenoxy) is 2. The number of rotatable bonds is 6.